The maximum Gasteiger partial charge on any atom is 0.205 e. The average molecular weight is 112 g/mol. The lowest BCUT2D eigenvalue weighted by molar-refractivity contribution is -0.113. The van der Waals surface area contributed by atoms with Gasteiger partial charge in [0.05, 0.1) is 0 Å². The zero-order chi connectivity index (χ0) is 6.41. The van der Waals surface area contributed by atoms with Crippen molar-refractivity contribution >= 4 is 5.78 Å². The number of hydrogen-bond donors (Lipinski definition) is 1. The van der Waals surface area contributed by atoms with Gasteiger partial charge >= 0.3 is 0 Å². The number of aliphatic hydroxyl groups is 1. The van der Waals surface area contributed by atoms with E-state index in [1.807, 2.05) is 0 Å². The second kappa shape index (κ2) is 4.35. The van der Waals surface area contributed by atoms with Crippen LogP contribution in [-0.2, 0) is 4.79 Å². The normalized spacial score (nSPS) is 7.25. The Morgan fingerprint density at radius 2 is 2.38 bits per heavy atom. The van der Waals surface area contributed by atoms with Crippen LogP contribution in [0.25, 0.3) is 0 Å². The van der Waals surface area contributed by atoms with E-state index in [-0.39, 0.29) is 12.4 Å². The molecule has 8 heavy (non-hydrogen) atoms. The molecule has 0 aromatic rings. The van der Waals surface area contributed by atoms with Gasteiger partial charge in [-0.2, -0.15) is 0 Å². The third kappa shape index (κ3) is 3.38. The predicted octanol–water partition coefficient (Wildman–Crippen LogP) is -0.0388. The highest BCUT2D eigenvalue weighted by molar-refractivity contribution is 5.95. The number of ketones is 1. The molecule has 0 heterocycles. The number of carbonyl (C=O) groups excluding carboxylic acids is 1. The molecule has 0 radical (unpaired) electrons. The standard InChI is InChI=1S/C6H8O2/c1-2-6(8)4-3-5-7/h7H,2,5H2,1H3. The van der Waals surface area contributed by atoms with Gasteiger partial charge in [-0.25, -0.2) is 0 Å². The van der Waals surface area contributed by atoms with Gasteiger partial charge in [0.15, 0.2) is 0 Å². The predicted molar refractivity (Wildman–Crippen MR) is 30.2 cm³/mol. The molecule has 0 rings (SSSR count). The van der Waals surface area contributed by atoms with Gasteiger partial charge in [0, 0.05) is 6.42 Å². The van der Waals surface area contributed by atoms with Crippen LogP contribution in [0.15, 0.2) is 0 Å². The lowest BCUT2D eigenvalue weighted by Crippen LogP contribution is -1.88. The van der Waals surface area contributed by atoms with Crippen molar-refractivity contribution in [2.24, 2.45) is 0 Å². The summed E-state index contributed by atoms with van der Waals surface area (Å²) in [4.78, 5) is 10.3. The molecule has 0 aromatic carbocycles. The fourth-order valence-corrected chi connectivity index (χ4v) is 0.227. The van der Waals surface area contributed by atoms with Crippen LogP contribution in [0.3, 0.4) is 0 Å². The van der Waals surface area contributed by atoms with Gasteiger partial charge in [-0.05, 0) is 5.92 Å². The van der Waals surface area contributed by atoms with E-state index in [2.05, 4.69) is 11.8 Å². The number of hydrogen-bond acceptors (Lipinski definition) is 2. The molecule has 0 atom stereocenters. The lowest BCUT2D eigenvalue weighted by Gasteiger charge is -1.75. The molecule has 0 amide bonds. The molecular formula is C6H8O2. The first-order valence-corrected chi connectivity index (χ1v) is 2.43. The van der Waals surface area contributed by atoms with E-state index in [0.29, 0.717) is 6.42 Å². The molecule has 0 aliphatic rings. The van der Waals surface area contributed by atoms with Crippen molar-refractivity contribution in [1.29, 1.82) is 0 Å². The first-order chi connectivity index (χ1) is 3.81. The molecule has 2 nitrogen and oxygen atoms in total. The summed E-state index contributed by atoms with van der Waals surface area (Å²) >= 11 is 0. The molecule has 0 saturated carbocycles. The van der Waals surface area contributed by atoms with Gasteiger partial charge in [-0.1, -0.05) is 12.8 Å². The van der Waals surface area contributed by atoms with E-state index in [1.54, 1.807) is 6.92 Å². The molecule has 0 spiro atoms. The topological polar surface area (TPSA) is 37.3 Å². The molecular weight excluding hydrogens is 104 g/mol. The third-order valence-electron chi connectivity index (χ3n) is 0.628. The van der Waals surface area contributed by atoms with Crippen LogP contribution in [0.2, 0.25) is 0 Å². The zero-order valence-electron chi connectivity index (χ0n) is 4.77. The molecule has 1 N–H and O–H groups in total. The summed E-state index contributed by atoms with van der Waals surface area (Å²) in [6.07, 6.45) is 0.424. The van der Waals surface area contributed by atoms with Crippen molar-refractivity contribution in [2.45, 2.75) is 13.3 Å². The van der Waals surface area contributed by atoms with Crippen molar-refractivity contribution in [3.05, 3.63) is 0 Å². The summed E-state index contributed by atoms with van der Waals surface area (Å²) in [5.41, 5.74) is 0. The highest BCUT2D eigenvalue weighted by Gasteiger charge is 1.85. The second-order valence-corrected chi connectivity index (χ2v) is 1.24. The summed E-state index contributed by atoms with van der Waals surface area (Å²) < 4.78 is 0. The molecule has 2 heteroatoms. The van der Waals surface area contributed by atoms with Crippen LogP contribution in [0.1, 0.15) is 13.3 Å². The first-order valence-electron chi connectivity index (χ1n) is 2.43. The van der Waals surface area contributed by atoms with Crippen molar-refractivity contribution in [1.82, 2.24) is 0 Å². The van der Waals surface area contributed by atoms with Gasteiger partial charge in [-0.15, -0.1) is 0 Å². The van der Waals surface area contributed by atoms with Gasteiger partial charge in [0.25, 0.3) is 0 Å². The number of Topliss-reactive ketones (excluding diaryl/α,β-unsaturated/α-hetero) is 1. The van der Waals surface area contributed by atoms with Crippen molar-refractivity contribution < 1.29 is 9.90 Å². The lowest BCUT2D eigenvalue weighted by atomic mass is 10.3. The molecule has 0 bridgehead atoms. The number of aliphatic hydroxyl groups excluding tert-OH is 1. The molecule has 0 fully saturated rings. The summed E-state index contributed by atoms with van der Waals surface area (Å²) in [6.45, 7) is 1.50. The minimum atomic E-state index is -0.230. The largest absolute Gasteiger partial charge is 0.384 e. The van der Waals surface area contributed by atoms with E-state index in [9.17, 15) is 4.79 Å². The van der Waals surface area contributed by atoms with E-state index in [0.717, 1.165) is 0 Å². The van der Waals surface area contributed by atoms with Gasteiger partial charge in [0.2, 0.25) is 5.78 Å². The van der Waals surface area contributed by atoms with Gasteiger partial charge in [-0.3, -0.25) is 4.79 Å². The fourth-order valence-electron chi connectivity index (χ4n) is 0.227. The third-order valence-corrected chi connectivity index (χ3v) is 0.628. The average Bonchev–Trinajstić information content (AvgIpc) is 1.83. The Kier molecular flexibility index (Phi) is 3.91. The Morgan fingerprint density at radius 3 is 2.75 bits per heavy atom. The van der Waals surface area contributed by atoms with Crippen LogP contribution in [0, 0.1) is 11.8 Å². The van der Waals surface area contributed by atoms with Crippen LogP contribution in [0.4, 0.5) is 0 Å². The monoisotopic (exact) mass is 112 g/mol. The minimum absolute atomic E-state index is 0.126. The maximum absolute atomic E-state index is 10.3. The SMILES string of the molecule is CCC(=O)C#CCO. The zero-order valence-corrected chi connectivity index (χ0v) is 4.77. The van der Waals surface area contributed by atoms with E-state index < -0.39 is 0 Å². The van der Waals surface area contributed by atoms with Crippen LogP contribution >= 0.6 is 0 Å². The fraction of sp³-hybridized carbons (Fsp3) is 0.500. The molecule has 0 aromatic heterocycles. The smallest absolute Gasteiger partial charge is 0.205 e. The van der Waals surface area contributed by atoms with Gasteiger partial charge in [0.1, 0.15) is 6.61 Å². The van der Waals surface area contributed by atoms with E-state index in [4.69, 9.17) is 5.11 Å². The Bertz CT molecular complexity index is 127. The summed E-state index contributed by atoms with van der Waals surface area (Å²) in [6, 6.07) is 0. The first kappa shape index (κ1) is 7.19. The summed E-state index contributed by atoms with van der Waals surface area (Å²) in [5, 5.41) is 8.08. The van der Waals surface area contributed by atoms with Crippen molar-refractivity contribution in [3.8, 4) is 11.8 Å². The Balaban J connectivity index is 3.52. The quantitative estimate of drug-likeness (QED) is 0.382. The second-order valence-electron chi connectivity index (χ2n) is 1.24. The number of carbonyl (C=O) groups is 1. The Morgan fingerprint density at radius 1 is 1.75 bits per heavy atom. The number of rotatable bonds is 1. The molecule has 0 saturated heterocycles. The van der Waals surface area contributed by atoms with E-state index in [1.165, 1.54) is 0 Å². The Hall–Kier alpha value is -0.810. The Labute approximate surface area is 48.5 Å². The highest BCUT2D eigenvalue weighted by Crippen LogP contribution is 1.74. The summed E-state index contributed by atoms with van der Waals surface area (Å²) in [5.74, 6) is 4.37. The van der Waals surface area contributed by atoms with Gasteiger partial charge < -0.3 is 5.11 Å². The minimum Gasteiger partial charge on any atom is -0.384 e. The van der Waals surface area contributed by atoms with E-state index >= 15 is 0 Å². The van der Waals surface area contributed by atoms with Crippen molar-refractivity contribution in [2.75, 3.05) is 6.61 Å². The molecule has 0 aliphatic heterocycles. The van der Waals surface area contributed by atoms with Crippen LogP contribution in [0.5, 0.6) is 0 Å². The summed E-state index contributed by atoms with van der Waals surface area (Å²) in [7, 11) is 0. The highest BCUT2D eigenvalue weighted by atomic mass is 16.2. The van der Waals surface area contributed by atoms with Crippen LogP contribution in [-0.4, -0.2) is 17.5 Å². The molecule has 0 unspecified atom stereocenters. The molecule has 0 aliphatic carbocycles. The molecule has 44 valence electrons. The van der Waals surface area contributed by atoms with Crippen LogP contribution < -0.4 is 0 Å². The maximum atomic E-state index is 10.3. The van der Waals surface area contributed by atoms with Crippen molar-refractivity contribution in [3.63, 3.8) is 0 Å².